The van der Waals surface area contributed by atoms with Crippen molar-refractivity contribution in [1.82, 2.24) is 15.6 Å². The first kappa shape index (κ1) is 20.9. The number of para-hydroxylation sites is 1. The Kier molecular flexibility index (Phi) is 7.27. The summed E-state index contributed by atoms with van der Waals surface area (Å²) in [5, 5.41) is 6.22. The monoisotopic (exact) mass is 399 g/mol. The number of benzene rings is 1. The number of aromatic nitrogens is 1. The van der Waals surface area contributed by atoms with Gasteiger partial charge < -0.3 is 15.0 Å². The zero-order valence-corrected chi connectivity index (χ0v) is 16.8. The number of carbonyl (C=O) groups is 3. The molecule has 0 unspecified atom stereocenters. The molecule has 3 amide bonds. The SMILES string of the molecule is C[C@H]1CCCC[C@@H]1NC(=O)NC(=O)COC(=O)CCCc1c[nH]c2ccccc12. The van der Waals surface area contributed by atoms with Crippen molar-refractivity contribution in [3.8, 4) is 0 Å². The predicted octanol–water partition coefficient (Wildman–Crippen LogP) is 3.44. The number of fused-ring (bicyclic) bond motifs is 1. The molecule has 1 heterocycles. The molecule has 7 heteroatoms. The maximum Gasteiger partial charge on any atom is 0.321 e. The quantitative estimate of drug-likeness (QED) is 0.621. The number of ether oxygens (including phenoxy) is 1. The average molecular weight is 399 g/mol. The van der Waals surface area contributed by atoms with E-state index in [2.05, 4.69) is 22.5 Å². The number of carbonyl (C=O) groups excluding carboxylic acids is 3. The number of imide groups is 1. The Balaban J connectivity index is 1.32. The fraction of sp³-hybridized carbons (Fsp3) is 0.500. The largest absolute Gasteiger partial charge is 0.456 e. The van der Waals surface area contributed by atoms with E-state index in [0.29, 0.717) is 12.3 Å². The van der Waals surface area contributed by atoms with Crippen molar-refractivity contribution in [3.63, 3.8) is 0 Å². The minimum atomic E-state index is -0.615. The van der Waals surface area contributed by atoms with Crippen molar-refractivity contribution in [3.05, 3.63) is 36.0 Å². The van der Waals surface area contributed by atoms with Crippen LogP contribution in [0.2, 0.25) is 0 Å². The van der Waals surface area contributed by atoms with Crippen LogP contribution in [0.4, 0.5) is 4.79 Å². The maximum absolute atomic E-state index is 11.9. The molecule has 0 bridgehead atoms. The van der Waals surface area contributed by atoms with Crippen molar-refractivity contribution in [2.75, 3.05) is 6.61 Å². The van der Waals surface area contributed by atoms with Gasteiger partial charge in [0.2, 0.25) is 0 Å². The second-order valence-electron chi connectivity index (χ2n) is 7.76. The van der Waals surface area contributed by atoms with E-state index in [1.165, 1.54) is 6.42 Å². The van der Waals surface area contributed by atoms with Crippen LogP contribution in [-0.2, 0) is 20.7 Å². The van der Waals surface area contributed by atoms with Gasteiger partial charge in [0, 0.05) is 29.6 Å². The molecule has 156 valence electrons. The summed E-state index contributed by atoms with van der Waals surface area (Å²) in [6, 6.07) is 7.58. The van der Waals surface area contributed by atoms with Crippen molar-refractivity contribution < 1.29 is 19.1 Å². The molecular formula is C22H29N3O4. The fourth-order valence-electron chi connectivity index (χ4n) is 3.88. The fourth-order valence-corrected chi connectivity index (χ4v) is 3.88. The summed E-state index contributed by atoms with van der Waals surface area (Å²) >= 11 is 0. The Morgan fingerprint density at radius 1 is 1.17 bits per heavy atom. The number of urea groups is 1. The maximum atomic E-state index is 11.9. The van der Waals surface area contributed by atoms with Crippen LogP contribution in [-0.4, -0.2) is 35.5 Å². The molecule has 0 saturated heterocycles. The van der Waals surface area contributed by atoms with E-state index >= 15 is 0 Å². The van der Waals surface area contributed by atoms with Crippen LogP contribution in [0, 0.1) is 5.92 Å². The summed E-state index contributed by atoms with van der Waals surface area (Å²) in [5.41, 5.74) is 2.22. The van der Waals surface area contributed by atoms with Crippen molar-refractivity contribution in [2.45, 2.75) is 57.9 Å². The Labute approximate surface area is 170 Å². The average Bonchev–Trinajstić information content (AvgIpc) is 3.11. The van der Waals surface area contributed by atoms with Gasteiger partial charge in [0.1, 0.15) is 0 Å². The van der Waals surface area contributed by atoms with Crippen molar-refractivity contribution >= 4 is 28.8 Å². The number of esters is 1. The molecule has 1 aromatic heterocycles. The number of aryl methyl sites for hydroxylation is 1. The molecule has 7 nitrogen and oxygen atoms in total. The highest BCUT2D eigenvalue weighted by Gasteiger charge is 2.23. The Hall–Kier alpha value is -2.83. The van der Waals surface area contributed by atoms with Crippen LogP contribution in [0.3, 0.4) is 0 Å². The van der Waals surface area contributed by atoms with Gasteiger partial charge in [0.25, 0.3) is 5.91 Å². The molecule has 0 radical (unpaired) electrons. The van der Waals surface area contributed by atoms with Crippen LogP contribution in [0.5, 0.6) is 0 Å². The lowest BCUT2D eigenvalue weighted by Gasteiger charge is -2.29. The molecule has 1 saturated carbocycles. The first-order chi connectivity index (χ1) is 14.0. The molecule has 2 atom stereocenters. The lowest BCUT2D eigenvalue weighted by Crippen LogP contribution is -2.48. The zero-order valence-electron chi connectivity index (χ0n) is 16.8. The highest BCUT2D eigenvalue weighted by Crippen LogP contribution is 2.23. The van der Waals surface area contributed by atoms with E-state index in [1.807, 2.05) is 30.5 Å². The first-order valence-electron chi connectivity index (χ1n) is 10.3. The van der Waals surface area contributed by atoms with Gasteiger partial charge in [0.05, 0.1) is 0 Å². The molecule has 1 aromatic carbocycles. The van der Waals surface area contributed by atoms with Gasteiger partial charge in [-0.2, -0.15) is 0 Å². The Morgan fingerprint density at radius 2 is 1.97 bits per heavy atom. The summed E-state index contributed by atoms with van der Waals surface area (Å²) in [5.74, 6) is -0.656. The third-order valence-electron chi connectivity index (χ3n) is 5.55. The Bertz CT molecular complexity index is 861. The molecule has 0 spiro atoms. The second kappa shape index (κ2) is 10.1. The molecule has 3 N–H and O–H groups in total. The summed E-state index contributed by atoms with van der Waals surface area (Å²) in [6.07, 6.45) is 7.81. The van der Waals surface area contributed by atoms with E-state index in [-0.39, 0.29) is 12.5 Å². The van der Waals surface area contributed by atoms with Crippen molar-refractivity contribution in [2.24, 2.45) is 5.92 Å². The molecule has 29 heavy (non-hydrogen) atoms. The van der Waals surface area contributed by atoms with Gasteiger partial charge in [-0.05, 0) is 43.2 Å². The summed E-state index contributed by atoms with van der Waals surface area (Å²) in [7, 11) is 0. The molecule has 2 aromatic rings. The smallest absolute Gasteiger partial charge is 0.321 e. The van der Waals surface area contributed by atoms with Crippen molar-refractivity contribution in [1.29, 1.82) is 0 Å². The lowest BCUT2D eigenvalue weighted by atomic mass is 9.86. The number of hydrogen-bond acceptors (Lipinski definition) is 4. The third-order valence-corrected chi connectivity index (χ3v) is 5.55. The lowest BCUT2D eigenvalue weighted by molar-refractivity contribution is -0.148. The minimum Gasteiger partial charge on any atom is -0.456 e. The van der Waals surface area contributed by atoms with Crippen LogP contribution >= 0.6 is 0 Å². The number of amides is 3. The molecule has 1 fully saturated rings. The normalized spacial score (nSPS) is 18.9. The molecule has 3 rings (SSSR count). The minimum absolute atomic E-state index is 0.0867. The molecule has 0 aliphatic heterocycles. The third kappa shape index (κ3) is 6.07. The number of aromatic amines is 1. The van der Waals surface area contributed by atoms with Gasteiger partial charge in [-0.3, -0.25) is 14.9 Å². The topological polar surface area (TPSA) is 100 Å². The highest BCUT2D eigenvalue weighted by molar-refractivity contribution is 5.95. The summed E-state index contributed by atoms with van der Waals surface area (Å²) < 4.78 is 4.98. The first-order valence-corrected chi connectivity index (χ1v) is 10.3. The van der Waals surface area contributed by atoms with E-state index in [1.54, 1.807) is 0 Å². The van der Waals surface area contributed by atoms with Gasteiger partial charge >= 0.3 is 12.0 Å². The predicted molar refractivity (Wildman–Crippen MR) is 110 cm³/mol. The number of H-pyrrole nitrogens is 1. The zero-order chi connectivity index (χ0) is 20.6. The summed E-state index contributed by atoms with van der Waals surface area (Å²) in [4.78, 5) is 38.9. The second-order valence-corrected chi connectivity index (χ2v) is 7.76. The standard InChI is InChI=1S/C22H29N3O4/c1-15-7-2-4-10-18(15)24-22(28)25-20(26)14-29-21(27)12-6-8-16-13-23-19-11-5-3-9-17(16)19/h3,5,9,11,13,15,18,23H,2,4,6-8,10,12,14H2,1H3,(H2,24,25,26,28)/t15-,18-/m0/s1. The number of hydrogen-bond donors (Lipinski definition) is 3. The van der Waals surface area contributed by atoms with E-state index < -0.39 is 24.5 Å². The molecular weight excluding hydrogens is 370 g/mol. The van der Waals surface area contributed by atoms with E-state index in [9.17, 15) is 14.4 Å². The van der Waals surface area contributed by atoms with Crippen LogP contribution < -0.4 is 10.6 Å². The van der Waals surface area contributed by atoms with E-state index in [4.69, 9.17) is 4.74 Å². The van der Waals surface area contributed by atoms with E-state index in [0.717, 1.165) is 42.1 Å². The van der Waals surface area contributed by atoms with Crippen LogP contribution in [0.1, 0.15) is 51.0 Å². The van der Waals surface area contributed by atoms with Gasteiger partial charge in [-0.15, -0.1) is 0 Å². The Morgan fingerprint density at radius 3 is 2.79 bits per heavy atom. The molecule has 1 aliphatic carbocycles. The molecule has 1 aliphatic rings. The summed E-state index contributed by atoms with van der Waals surface area (Å²) in [6.45, 7) is 1.66. The van der Waals surface area contributed by atoms with Crippen LogP contribution in [0.15, 0.2) is 30.5 Å². The number of rotatable bonds is 7. The van der Waals surface area contributed by atoms with Gasteiger partial charge in [-0.1, -0.05) is 38.0 Å². The van der Waals surface area contributed by atoms with Gasteiger partial charge in [-0.25, -0.2) is 4.79 Å². The van der Waals surface area contributed by atoms with Crippen LogP contribution in [0.25, 0.3) is 10.9 Å². The highest BCUT2D eigenvalue weighted by atomic mass is 16.5. The van der Waals surface area contributed by atoms with Gasteiger partial charge in [0.15, 0.2) is 6.61 Å². The number of nitrogens with one attached hydrogen (secondary N) is 3.